The van der Waals surface area contributed by atoms with Gasteiger partial charge in [-0.15, -0.1) is 0 Å². The van der Waals surface area contributed by atoms with Crippen molar-refractivity contribution < 1.29 is 19.1 Å². The van der Waals surface area contributed by atoms with Crippen LogP contribution in [0.1, 0.15) is 45.0 Å². The van der Waals surface area contributed by atoms with Gasteiger partial charge in [0, 0.05) is 24.3 Å². The molecule has 0 saturated heterocycles. The number of nitrogens with one attached hydrogen (secondary N) is 2. The van der Waals surface area contributed by atoms with Crippen molar-refractivity contribution in [3.8, 4) is 0 Å². The number of nitrogens with zero attached hydrogens (tertiary/aromatic N) is 1. The molecule has 0 aliphatic carbocycles. The van der Waals surface area contributed by atoms with Crippen LogP contribution in [-0.2, 0) is 9.53 Å². The fraction of sp³-hybridized carbons (Fsp3) is 0.500. The Labute approximate surface area is 148 Å². The van der Waals surface area contributed by atoms with Crippen LogP contribution in [0.15, 0.2) is 24.3 Å². The lowest BCUT2D eigenvalue weighted by Crippen LogP contribution is -2.40. The first-order valence-electron chi connectivity index (χ1n) is 8.13. The summed E-state index contributed by atoms with van der Waals surface area (Å²) in [5, 5.41) is 5.33. The van der Waals surface area contributed by atoms with Crippen molar-refractivity contribution in [1.82, 2.24) is 10.2 Å². The van der Waals surface area contributed by atoms with E-state index in [9.17, 15) is 14.4 Å². The molecule has 0 atom stereocenters. The average molecular weight is 349 g/mol. The lowest BCUT2D eigenvalue weighted by Gasteiger charge is -2.20. The normalized spacial score (nSPS) is 11.0. The summed E-state index contributed by atoms with van der Waals surface area (Å²) in [6, 6.07) is 6.42. The minimum Gasteiger partial charge on any atom is -0.444 e. The number of benzene rings is 1. The first kappa shape index (κ1) is 20.5. The average Bonchev–Trinajstić information content (AvgIpc) is 2.44. The van der Waals surface area contributed by atoms with Crippen LogP contribution in [0.5, 0.6) is 0 Å². The van der Waals surface area contributed by atoms with Crippen LogP contribution in [0.3, 0.4) is 0 Å². The molecule has 0 spiro atoms. The molecule has 1 aromatic rings. The summed E-state index contributed by atoms with van der Waals surface area (Å²) in [5.41, 5.74) is 0.361. The van der Waals surface area contributed by atoms with E-state index in [1.165, 1.54) is 4.90 Å². The van der Waals surface area contributed by atoms with Crippen LogP contribution < -0.4 is 10.6 Å². The zero-order valence-corrected chi connectivity index (χ0v) is 15.7. The van der Waals surface area contributed by atoms with E-state index < -0.39 is 11.7 Å². The quantitative estimate of drug-likeness (QED) is 0.855. The van der Waals surface area contributed by atoms with Crippen LogP contribution in [0.25, 0.3) is 0 Å². The van der Waals surface area contributed by atoms with E-state index in [2.05, 4.69) is 10.6 Å². The highest BCUT2D eigenvalue weighted by molar-refractivity contribution is 5.97. The van der Waals surface area contributed by atoms with Gasteiger partial charge in [-0.2, -0.15) is 0 Å². The molecule has 0 aliphatic heterocycles. The maximum absolute atomic E-state index is 12.3. The predicted molar refractivity (Wildman–Crippen MR) is 96.5 cm³/mol. The van der Waals surface area contributed by atoms with E-state index in [0.717, 1.165) is 0 Å². The summed E-state index contributed by atoms with van der Waals surface area (Å²) in [4.78, 5) is 37.1. The smallest absolute Gasteiger partial charge is 0.412 e. The molecule has 25 heavy (non-hydrogen) atoms. The molecule has 3 amide bonds. The van der Waals surface area contributed by atoms with Crippen LogP contribution in [0.4, 0.5) is 10.5 Å². The minimum atomic E-state index is -0.584. The summed E-state index contributed by atoms with van der Waals surface area (Å²) in [6.45, 7) is 9.03. The number of amides is 3. The van der Waals surface area contributed by atoms with Gasteiger partial charge in [0.15, 0.2) is 0 Å². The number of carbonyl (C=O) groups excluding carboxylic acids is 3. The molecule has 138 valence electrons. The van der Waals surface area contributed by atoms with Gasteiger partial charge in [0.1, 0.15) is 5.60 Å². The van der Waals surface area contributed by atoms with Gasteiger partial charge < -0.3 is 15.0 Å². The third-order valence-corrected chi connectivity index (χ3v) is 2.95. The molecule has 1 aromatic carbocycles. The van der Waals surface area contributed by atoms with E-state index in [1.807, 2.05) is 13.8 Å². The Morgan fingerprint density at radius 3 is 2.16 bits per heavy atom. The molecular formula is C18H27N3O4. The number of likely N-dealkylation sites (N-methyl/N-ethyl adjacent to an activating group) is 1. The number of hydrogen-bond donors (Lipinski definition) is 2. The summed E-state index contributed by atoms with van der Waals surface area (Å²) in [7, 11) is 1.56. The summed E-state index contributed by atoms with van der Waals surface area (Å²) >= 11 is 0. The predicted octanol–water partition coefficient (Wildman–Crippen LogP) is 2.63. The molecule has 2 N–H and O–H groups in total. The second kappa shape index (κ2) is 8.50. The van der Waals surface area contributed by atoms with Gasteiger partial charge in [-0.1, -0.05) is 0 Å². The second-order valence-electron chi connectivity index (χ2n) is 7.09. The van der Waals surface area contributed by atoms with Crippen LogP contribution in [0.2, 0.25) is 0 Å². The van der Waals surface area contributed by atoms with Crippen molar-refractivity contribution in [3.63, 3.8) is 0 Å². The zero-order chi connectivity index (χ0) is 19.2. The summed E-state index contributed by atoms with van der Waals surface area (Å²) in [5.74, 6) is -0.489. The zero-order valence-electron chi connectivity index (χ0n) is 15.7. The molecule has 0 bridgehead atoms. The number of rotatable bonds is 5. The Kier molecular flexibility index (Phi) is 6.97. The standard InChI is InChI=1S/C18H27N3O4/c1-12(2)19-15(22)11-21(6)16(23)13-7-9-14(10-8-13)20-17(24)25-18(3,4)5/h7-10,12H,11H2,1-6H3,(H,19,22)(H,20,24). The highest BCUT2D eigenvalue weighted by Gasteiger charge is 2.17. The van der Waals surface area contributed by atoms with Crippen LogP contribution >= 0.6 is 0 Å². The Morgan fingerprint density at radius 2 is 1.68 bits per heavy atom. The van der Waals surface area contributed by atoms with E-state index in [0.29, 0.717) is 11.3 Å². The van der Waals surface area contributed by atoms with Gasteiger partial charge in [-0.05, 0) is 58.9 Å². The van der Waals surface area contributed by atoms with Crippen molar-refractivity contribution >= 4 is 23.6 Å². The summed E-state index contributed by atoms with van der Waals surface area (Å²) < 4.78 is 5.16. The van der Waals surface area contributed by atoms with Gasteiger partial charge in [-0.25, -0.2) is 4.79 Å². The van der Waals surface area contributed by atoms with Gasteiger partial charge in [0.05, 0.1) is 6.54 Å². The molecule has 0 radical (unpaired) electrons. The molecule has 0 unspecified atom stereocenters. The molecule has 0 aliphatic rings. The minimum absolute atomic E-state index is 0.0189. The van der Waals surface area contributed by atoms with E-state index in [1.54, 1.807) is 52.1 Å². The van der Waals surface area contributed by atoms with Crippen molar-refractivity contribution in [2.75, 3.05) is 18.9 Å². The molecule has 0 fully saturated rings. The van der Waals surface area contributed by atoms with Crippen LogP contribution in [0, 0.1) is 0 Å². The van der Waals surface area contributed by atoms with Crippen molar-refractivity contribution in [2.24, 2.45) is 0 Å². The topological polar surface area (TPSA) is 87.7 Å². The fourth-order valence-corrected chi connectivity index (χ4v) is 1.99. The maximum atomic E-state index is 12.3. The number of anilines is 1. The number of hydrogen-bond acceptors (Lipinski definition) is 4. The Bertz CT molecular complexity index is 618. The lowest BCUT2D eigenvalue weighted by atomic mass is 10.2. The molecule has 0 heterocycles. The maximum Gasteiger partial charge on any atom is 0.412 e. The first-order chi connectivity index (χ1) is 11.5. The van der Waals surface area contributed by atoms with E-state index >= 15 is 0 Å². The Morgan fingerprint density at radius 1 is 1.12 bits per heavy atom. The molecule has 7 nitrogen and oxygen atoms in total. The first-order valence-corrected chi connectivity index (χ1v) is 8.13. The van der Waals surface area contributed by atoms with Crippen molar-refractivity contribution in [2.45, 2.75) is 46.3 Å². The monoisotopic (exact) mass is 349 g/mol. The molecule has 1 rings (SSSR count). The van der Waals surface area contributed by atoms with Gasteiger partial charge in [0.25, 0.3) is 5.91 Å². The SMILES string of the molecule is CC(C)NC(=O)CN(C)C(=O)c1ccc(NC(=O)OC(C)(C)C)cc1. The molecule has 0 saturated carbocycles. The lowest BCUT2D eigenvalue weighted by molar-refractivity contribution is -0.122. The van der Waals surface area contributed by atoms with Crippen LogP contribution in [-0.4, -0.2) is 48.0 Å². The molecule has 7 heteroatoms. The van der Waals surface area contributed by atoms with E-state index in [4.69, 9.17) is 4.74 Å². The molecule has 0 aromatic heterocycles. The third-order valence-electron chi connectivity index (χ3n) is 2.95. The van der Waals surface area contributed by atoms with Crippen molar-refractivity contribution in [3.05, 3.63) is 29.8 Å². The van der Waals surface area contributed by atoms with Gasteiger partial charge in [0.2, 0.25) is 5.91 Å². The van der Waals surface area contributed by atoms with Gasteiger partial charge in [-0.3, -0.25) is 14.9 Å². The molecular weight excluding hydrogens is 322 g/mol. The Balaban J connectivity index is 2.64. The number of carbonyl (C=O) groups is 3. The number of ether oxygens (including phenoxy) is 1. The van der Waals surface area contributed by atoms with Crippen molar-refractivity contribution in [1.29, 1.82) is 0 Å². The van der Waals surface area contributed by atoms with E-state index in [-0.39, 0.29) is 24.4 Å². The largest absolute Gasteiger partial charge is 0.444 e. The second-order valence-corrected chi connectivity index (χ2v) is 7.09. The summed E-state index contributed by atoms with van der Waals surface area (Å²) in [6.07, 6.45) is -0.561. The highest BCUT2D eigenvalue weighted by Crippen LogP contribution is 2.14. The highest BCUT2D eigenvalue weighted by atomic mass is 16.6. The Hall–Kier alpha value is -2.57. The fourth-order valence-electron chi connectivity index (χ4n) is 1.99. The third kappa shape index (κ3) is 7.69. The van der Waals surface area contributed by atoms with Gasteiger partial charge >= 0.3 is 6.09 Å².